The van der Waals surface area contributed by atoms with E-state index in [9.17, 15) is 0 Å². The number of hydrogen-bond acceptors (Lipinski definition) is 2. The highest BCUT2D eigenvalue weighted by Crippen LogP contribution is 2.29. The second kappa shape index (κ2) is 6.58. The number of oxazole rings is 1. The minimum Gasteiger partial charge on any atom is -0.436 e. The molecule has 5 aromatic rings. The summed E-state index contributed by atoms with van der Waals surface area (Å²) in [5, 5.41) is 2.29. The van der Waals surface area contributed by atoms with E-state index in [1.807, 2.05) is 36.4 Å². The molecule has 2 nitrogen and oxygen atoms in total. The second-order valence-corrected chi connectivity index (χ2v) is 6.52. The van der Waals surface area contributed by atoms with Gasteiger partial charge in [0.25, 0.3) is 0 Å². The molecule has 0 bridgehead atoms. The van der Waals surface area contributed by atoms with Crippen LogP contribution in [-0.4, -0.2) is 4.98 Å². The zero-order chi connectivity index (χ0) is 18.1. The molecule has 4 aromatic carbocycles. The first-order chi connectivity index (χ1) is 13.4. The minimum atomic E-state index is 0.653. The number of rotatable bonds is 3. The van der Waals surface area contributed by atoms with Crippen LogP contribution in [0.1, 0.15) is 11.1 Å². The average molecular weight is 347 g/mol. The average Bonchev–Trinajstić information content (AvgIpc) is 3.18. The Hall–Kier alpha value is -3.65. The second-order valence-electron chi connectivity index (χ2n) is 6.52. The summed E-state index contributed by atoms with van der Waals surface area (Å²) in [4.78, 5) is 4.75. The Kier molecular flexibility index (Phi) is 3.80. The summed E-state index contributed by atoms with van der Waals surface area (Å²) >= 11 is 0. The van der Waals surface area contributed by atoms with E-state index in [1.165, 1.54) is 10.9 Å². The molecular weight excluding hydrogens is 330 g/mol. The first kappa shape index (κ1) is 15.6. The molecule has 0 amide bonds. The molecule has 2 heteroatoms. The maximum atomic E-state index is 6.00. The van der Waals surface area contributed by atoms with Crippen LogP contribution in [0.3, 0.4) is 0 Å². The lowest BCUT2D eigenvalue weighted by molar-refractivity contribution is 0.620. The molecule has 0 atom stereocenters. The van der Waals surface area contributed by atoms with E-state index >= 15 is 0 Å². The van der Waals surface area contributed by atoms with Gasteiger partial charge >= 0.3 is 0 Å². The van der Waals surface area contributed by atoms with E-state index in [0.717, 1.165) is 27.6 Å². The SMILES string of the molecule is C(=Cc1ccc(-c2nc3c(ccc4ccccc43)o2)cc1)c1ccccc1. The van der Waals surface area contributed by atoms with Gasteiger partial charge in [0.1, 0.15) is 5.52 Å². The number of nitrogens with zero attached hydrogens (tertiary/aromatic N) is 1. The summed E-state index contributed by atoms with van der Waals surface area (Å²) in [6.07, 6.45) is 4.22. The fourth-order valence-corrected chi connectivity index (χ4v) is 3.28. The highest BCUT2D eigenvalue weighted by atomic mass is 16.3. The quantitative estimate of drug-likeness (QED) is 0.335. The summed E-state index contributed by atoms with van der Waals surface area (Å²) < 4.78 is 6.00. The molecule has 0 fully saturated rings. The largest absolute Gasteiger partial charge is 0.436 e. The van der Waals surface area contributed by atoms with Crippen LogP contribution in [0.2, 0.25) is 0 Å². The van der Waals surface area contributed by atoms with Crippen LogP contribution in [0.15, 0.2) is 95.4 Å². The van der Waals surface area contributed by atoms with Crippen molar-refractivity contribution in [2.24, 2.45) is 0 Å². The zero-order valence-corrected chi connectivity index (χ0v) is 14.7. The zero-order valence-electron chi connectivity index (χ0n) is 14.7. The molecule has 1 aromatic heterocycles. The van der Waals surface area contributed by atoms with Crippen molar-refractivity contribution >= 4 is 34.0 Å². The molecular formula is C25H17NO. The third kappa shape index (κ3) is 3.02. The van der Waals surface area contributed by atoms with Crippen LogP contribution >= 0.6 is 0 Å². The van der Waals surface area contributed by atoms with E-state index in [4.69, 9.17) is 9.40 Å². The highest BCUT2D eigenvalue weighted by Gasteiger charge is 2.10. The Balaban J connectivity index is 1.48. The van der Waals surface area contributed by atoms with Crippen molar-refractivity contribution in [3.63, 3.8) is 0 Å². The van der Waals surface area contributed by atoms with E-state index < -0.39 is 0 Å². The van der Waals surface area contributed by atoms with Crippen LogP contribution in [0, 0.1) is 0 Å². The monoisotopic (exact) mass is 347 g/mol. The van der Waals surface area contributed by atoms with Crippen LogP contribution in [-0.2, 0) is 0 Å². The summed E-state index contributed by atoms with van der Waals surface area (Å²) in [6, 6.07) is 30.9. The van der Waals surface area contributed by atoms with Gasteiger partial charge < -0.3 is 4.42 Å². The van der Waals surface area contributed by atoms with Gasteiger partial charge in [-0.05, 0) is 34.7 Å². The van der Waals surface area contributed by atoms with Gasteiger partial charge in [-0.2, -0.15) is 0 Å². The summed E-state index contributed by atoms with van der Waals surface area (Å²) in [5.41, 5.74) is 5.04. The molecule has 1 heterocycles. The van der Waals surface area contributed by atoms with Crippen molar-refractivity contribution < 1.29 is 4.42 Å². The van der Waals surface area contributed by atoms with Crippen LogP contribution in [0.4, 0.5) is 0 Å². The molecule has 0 saturated heterocycles. The molecule has 0 N–H and O–H groups in total. The fourth-order valence-electron chi connectivity index (χ4n) is 3.28. The standard InChI is InChI=1S/C25H17NO/c1-2-6-18(7-3-1)10-11-19-12-14-21(15-13-19)25-26-24-22-9-5-4-8-20(22)16-17-23(24)27-25/h1-17H. The summed E-state index contributed by atoms with van der Waals surface area (Å²) in [7, 11) is 0. The van der Waals surface area contributed by atoms with E-state index in [1.54, 1.807) is 0 Å². The Labute approximate surface area is 157 Å². The van der Waals surface area contributed by atoms with Crippen molar-refractivity contribution in [1.82, 2.24) is 4.98 Å². The predicted molar refractivity (Wildman–Crippen MR) is 112 cm³/mol. The normalized spacial score (nSPS) is 11.6. The van der Waals surface area contributed by atoms with Crippen LogP contribution in [0.5, 0.6) is 0 Å². The summed E-state index contributed by atoms with van der Waals surface area (Å²) in [6.45, 7) is 0. The number of benzene rings is 4. The van der Waals surface area contributed by atoms with Crippen molar-refractivity contribution in [3.8, 4) is 11.5 Å². The van der Waals surface area contributed by atoms with Gasteiger partial charge in [-0.15, -0.1) is 0 Å². The number of aromatic nitrogens is 1. The van der Waals surface area contributed by atoms with Gasteiger partial charge in [0, 0.05) is 10.9 Å². The van der Waals surface area contributed by atoms with Gasteiger partial charge in [0.2, 0.25) is 5.89 Å². The molecule has 5 rings (SSSR count). The Morgan fingerprint density at radius 3 is 2.15 bits per heavy atom. The summed E-state index contributed by atoms with van der Waals surface area (Å²) in [5.74, 6) is 0.653. The van der Waals surface area contributed by atoms with E-state index in [0.29, 0.717) is 5.89 Å². The lowest BCUT2D eigenvalue weighted by Crippen LogP contribution is -1.79. The molecule has 0 radical (unpaired) electrons. The van der Waals surface area contributed by atoms with Gasteiger partial charge in [0.15, 0.2) is 5.58 Å². The van der Waals surface area contributed by atoms with Crippen molar-refractivity contribution in [3.05, 3.63) is 102 Å². The lowest BCUT2D eigenvalue weighted by Gasteiger charge is -1.97. The molecule has 27 heavy (non-hydrogen) atoms. The van der Waals surface area contributed by atoms with Gasteiger partial charge in [-0.3, -0.25) is 0 Å². The molecule has 0 aliphatic heterocycles. The minimum absolute atomic E-state index is 0.653. The molecule has 0 aliphatic carbocycles. The van der Waals surface area contributed by atoms with Gasteiger partial charge in [-0.1, -0.05) is 84.9 Å². The Bertz CT molecular complexity index is 1250. The third-order valence-electron chi connectivity index (χ3n) is 4.71. The van der Waals surface area contributed by atoms with Crippen LogP contribution in [0.25, 0.3) is 45.5 Å². The smallest absolute Gasteiger partial charge is 0.227 e. The van der Waals surface area contributed by atoms with Crippen LogP contribution < -0.4 is 0 Å². The third-order valence-corrected chi connectivity index (χ3v) is 4.71. The van der Waals surface area contributed by atoms with Gasteiger partial charge in [-0.25, -0.2) is 4.98 Å². The molecule has 0 spiro atoms. The lowest BCUT2D eigenvalue weighted by atomic mass is 10.1. The topological polar surface area (TPSA) is 26.0 Å². The molecule has 128 valence electrons. The maximum Gasteiger partial charge on any atom is 0.227 e. The first-order valence-corrected chi connectivity index (χ1v) is 8.99. The Morgan fingerprint density at radius 1 is 0.630 bits per heavy atom. The number of fused-ring (bicyclic) bond motifs is 3. The van der Waals surface area contributed by atoms with Gasteiger partial charge in [0.05, 0.1) is 0 Å². The predicted octanol–water partition coefficient (Wildman–Crippen LogP) is 6.82. The molecule has 0 aliphatic rings. The number of hydrogen-bond donors (Lipinski definition) is 0. The molecule has 0 saturated carbocycles. The van der Waals surface area contributed by atoms with Crippen molar-refractivity contribution in [2.45, 2.75) is 0 Å². The van der Waals surface area contributed by atoms with E-state index in [2.05, 4.69) is 66.7 Å². The Morgan fingerprint density at radius 2 is 1.33 bits per heavy atom. The first-order valence-electron chi connectivity index (χ1n) is 8.99. The van der Waals surface area contributed by atoms with Crippen molar-refractivity contribution in [1.29, 1.82) is 0 Å². The maximum absolute atomic E-state index is 6.00. The molecule has 0 unspecified atom stereocenters. The highest BCUT2D eigenvalue weighted by molar-refractivity contribution is 6.03. The van der Waals surface area contributed by atoms with Crippen molar-refractivity contribution in [2.75, 3.05) is 0 Å². The fraction of sp³-hybridized carbons (Fsp3) is 0. The van der Waals surface area contributed by atoms with E-state index in [-0.39, 0.29) is 0 Å².